The lowest BCUT2D eigenvalue weighted by Gasteiger charge is -2.33. The Kier molecular flexibility index (Phi) is 4.67. The average Bonchev–Trinajstić information content (AvgIpc) is 3.26. The predicted octanol–water partition coefficient (Wildman–Crippen LogP) is 1.55. The number of halogens is 1. The summed E-state index contributed by atoms with van der Waals surface area (Å²) in [7, 11) is 0. The molecule has 0 amide bonds. The predicted molar refractivity (Wildman–Crippen MR) is 116 cm³/mol. The molecule has 31 heavy (non-hydrogen) atoms. The number of fused-ring (bicyclic) bond motifs is 1. The van der Waals surface area contributed by atoms with Crippen LogP contribution in [0.5, 0.6) is 0 Å². The van der Waals surface area contributed by atoms with E-state index in [0.717, 1.165) is 25.7 Å². The Morgan fingerprint density at radius 1 is 1.23 bits per heavy atom. The van der Waals surface area contributed by atoms with Crippen molar-refractivity contribution in [2.24, 2.45) is 5.92 Å². The molecule has 1 aliphatic heterocycles. The van der Waals surface area contributed by atoms with Gasteiger partial charge in [-0.15, -0.1) is 0 Å². The molecule has 2 atom stereocenters. The number of benzene rings is 1. The summed E-state index contributed by atoms with van der Waals surface area (Å²) in [6.45, 7) is 2.59. The highest BCUT2D eigenvalue weighted by Crippen LogP contribution is 2.43. The normalized spacial score (nSPS) is 24.3. The number of rotatable bonds is 4. The van der Waals surface area contributed by atoms with Crippen LogP contribution in [0, 0.1) is 18.7 Å². The van der Waals surface area contributed by atoms with E-state index in [1.807, 2.05) is 4.90 Å². The standard InChI is InChI=1S/C22H29FN4O4/c1-11-17-14(20(29)25-21(30)27(17)13-4-5-13)16(24)15(23)18(11)26-9-6-12(10-26)19(28)22(31)7-2-3-8-22/h12-13,19,28,31H,2-10,24H2,1H3,(H,25,29,30). The van der Waals surface area contributed by atoms with Crippen LogP contribution < -0.4 is 21.9 Å². The van der Waals surface area contributed by atoms with Gasteiger partial charge in [0.2, 0.25) is 0 Å². The smallest absolute Gasteiger partial charge is 0.329 e. The molecule has 1 aromatic carbocycles. The maximum absolute atomic E-state index is 15.5. The number of aromatic nitrogens is 2. The van der Waals surface area contributed by atoms with Gasteiger partial charge in [-0.2, -0.15) is 0 Å². The number of nitrogen functional groups attached to an aromatic ring is 1. The van der Waals surface area contributed by atoms with E-state index in [9.17, 15) is 19.8 Å². The van der Waals surface area contributed by atoms with Crippen molar-refractivity contribution in [3.63, 3.8) is 0 Å². The number of nitrogens with two attached hydrogens (primary N) is 1. The van der Waals surface area contributed by atoms with Crippen LogP contribution in [0.4, 0.5) is 15.8 Å². The number of hydrogen-bond acceptors (Lipinski definition) is 6. The number of H-pyrrole nitrogens is 1. The van der Waals surface area contributed by atoms with Crippen molar-refractivity contribution in [2.45, 2.75) is 69.6 Å². The Bertz CT molecular complexity index is 1160. The first-order valence-corrected chi connectivity index (χ1v) is 11.1. The van der Waals surface area contributed by atoms with Gasteiger partial charge in [0.1, 0.15) is 0 Å². The number of hydrogen-bond donors (Lipinski definition) is 4. The van der Waals surface area contributed by atoms with Crippen LogP contribution in [0.15, 0.2) is 9.59 Å². The first kappa shape index (κ1) is 20.5. The largest absolute Gasteiger partial charge is 0.396 e. The first-order valence-electron chi connectivity index (χ1n) is 11.1. The molecule has 168 valence electrons. The maximum atomic E-state index is 15.5. The lowest BCUT2D eigenvalue weighted by Crippen LogP contribution is -2.45. The van der Waals surface area contributed by atoms with Crippen molar-refractivity contribution in [1.82, 2.24) is 9.55 Å². The molecule has 5 rings (SSSR count). The molecule has 1 saturated heterocycles. The Hall–Kier alpha value is -2.39. The molecule has 0 bridgehead atoms. The molecule has 2 saturated carbocycles. The number of aliphatic hydroxyl groups is 2. The van der Waals surface area contributed by atoms with Gasteiger partial charge in [0.15, 0.2) is 5.82 Å². The second-order valence-electron chi connectivity index (χ2n) is 9.54. The van der Waals surface area contributed by atoms with Gasteiger partial charge in [0.05, 0.1) is 34.0 Å². The van der Waals surface area contributed by atoms with Crippen LogP contribution in [0.3, 0.4) is 0 Å². The van der Waals surface area contributed by atoms with Gasteiger partial charge < -0.3 is 20.8 Å². The molecule has 2 unspecified atom stereocenters. The van der Waals surface area contributed by atoms with E-state index in [2.05, 4.69) is 4.98 Å². The summed E-state index contributed by atoms with van der Waals surface area (Å²) >= 11 is 0. The van der Waals surface area contributed by atoms with E-state index in [4.69, 9.17) is 5.73 Å². The fourth-order valence-corrected chi connectivity index (χ4v) is 5.71. The number of aryl methyl sites for hydroxylation is 1. The molecule has 9 heteroatoms. The second kappa shape index (κ2) is 7.06. The quantitative estimate of drug-likeness (QED) is 0.544. The number of aromatic amines is 1. The van der Waals surface area contributed by atoms with Crippen molar-refractivity contribution in [3.8, 4) is 0 Å². The molecule has 3 fully saturated rings. The summed E-state index contributed by atoms with van der Waals surface area (Å²) in [6, 6.07) is -0.0203. The van der Waals surface area contributed by atoms with Crippen LogP contribution >= 0.6 is 0 Å². The van der Waals surface area contributed by atoms with Gasteiger partial charge in [0, 0.05) is 30.6 Å². The second-order valence-corrected chi connectivity index (χ2v) is 9.54. The van der Waals surface area contributed by atoms with Crippen molar-refractivity contribution < 1.29 is 14.6 Å². The van der Waals surface area contributed by atoms with Gasteiger partial charge in [-0.25, -0.2) is 9.18 Å². The summed E-state index contributed by atoms with van der Waals surface area (Å²) in [5.74, 6) is -0.866. The van der Waals surface area contributed by atoms with E-state index < -0.39 is 28.8 Å². The summed E-state index contributed by atoms with van der Waals surface area (Å²) in [6.07, 6.45) is 4.35. The molecule has 2 heterocycles. The Balaban J connectivity index is 1.59. The van der Waals surface area contributed by atoms with E-state index >= 15 is 4.39 Å². The summed E-state index contributed by atoms with van der Waals surface area (Å²) in [4.78, 5) is 29.1. The van der Waals surface area contributed by atoms with Gasteiger partial charge in [0.25, 0.3) is 5.56 Å². The van der Waals surface area contributed by atoms with Crippen LogP contribution in [0.25, 0.3) is 10.9 Å². The molecule has 2 aliphatic carbocycles. The fourth-order valence-electron chi connectivity index (χ4n) is 5.71. The molecule has 5 N–H and O–H groups in total. The Morgan fingerprint density at radius 2 is 1.90 bits per heavy atom. The zero-order chi connectivity index (χ0) is 22.1. The lowest BCUT2D eigenvalue weighted by atomic mass is 9.85. The van der Waals surface area contributed by atoms with E-state index in [1.165, 1.54) is 4.57 Å². The minimum atomic E-state index is -1.07. The van der Waals surface area contributed by atoms with Crippen molar-refractivity contribution in [2.75, 3.05) is 23.7 Å². The minimum absolute atomic E-state index is 0.0151. The zero-order valence-electron chi connectivity index (χ0n) is 17.7. The van der Waals surface area contributed by atoms with E-state index in [-0.39, 0.29) is 28.7 Å². The molecule has 2 aromatic rings. The summed E-state index contributed by atoms with van der Waals surface area (Å²) in [5.41, 5.74) is 4.74. The van der Waals surface area contributed by atoms with Crippen molar-refractivity contribution in [3.05, 3.63) is 32.2 Å². The third kappa shape index (κ3) is 3.09. The van der Waals surface area contributed by atoms with Crippen LogP contribution in [-0.4, -0.2) is 44.6 Å². The number of nitrogens with one attached hydrogen (secondary N) is 1. The van der Waals surface area contributed by atoms with Gasteiger partial charge in [-0.05, 0) is 39.0 Å². The number of aliphatic hydroxyl groups excluding tert-OH is 1. The average molecular weight is 432 g/mol. The number of anilines is 2. The molecule has 8 nitrogen and oxygen atoms in total. The third-order valence-electron chi connectivity index (χ3n) is 7.49. The highest BCUT2D eigenvalue weighted by Gasteiger charge is 2.45. The third-order valence-corrected chi connectivity index (χ3v) is 7.49. The van der Waals surface area contributed by atoms with Crippen LogP contribution in [-0.2, 0) is 0 Å². The molecule has 3 aliphatic rings. The maximum Gasteiger partial charge on any atom is 0.329 e. The highest BCUT2D eigenvalue weighted by molar-refractivity contribution is 5.97. The zero-order valence-corrected chi connectivity index (χ0v) is 17.7. The van der Waals surface area contributed by atoms with E-state index in [1.54, 1.807) is 6.92 Å². The van der Waals surface area contributed by atoms with Crippen molar-refractivity contribution in [1.29, 1.82) is 0 Å². The Morgan fingerprint density at radius 3 is 2.55 bits per heavy atom. The van der Waals surface area contributed by atoms with Gasteiger partial charge >= 0.3 is 5.69 Å². The monoisotopic (exact) mass is 432 g/mol. The summed E-state index contributed by atoms with van der Waals surface area (Å²) in [5, 5.41) is 21.7. The van der Waals surface area contributed by atoms with E-state index in [0.29, 0.717) is 43.4 Å². The molecular weight excluding hydrogens is 403 g/mol. The molecule has 1 aromatic heterocycles. The van der Waals surface area contributed by atoms with Crippen LogP contribution in [0.1, 0.15) is 56.6 Å². The first-order chi connectivity index (χ1) is 14.7. The van der Waals surface area contributed by atoms with Gasteiger partial charge in [-0.1, -0.05) is 12.8 Å². The fraction of sp³-hybridized carbons (Fsp3) is 0.636. The minimum Gasteiger partial charge on any atom is -0.396 e. The lowest BCUT2D eigenvalue weighted by molar-refractivity contribution is -0.0922. The molecule has 0 spiro atoms. The van der Waals surface area contributed by atoms with Crippen molar-refractivity contribution >= 4 is 22.3 Å². The molecule has 0 radical (unpaired) electrons. The topological polar surface area (TPSA) is 125 Å². The van der Waals surface area contributed by atoms with Gasteiger partial charge in [-0.3, -0.25) is 14.3 Å². The molecular formula is C22H29FN4O4. The Labute approximate surface area is 178 Å². The van der Waals surface area contributed by atoms with Crippen LogP contribution in [0.2, 0.25) is 0 Å². The summed E-state index contributed by atoms with van der Waals surface area (Å²) < 4.78 is 17.0. The SMILES string of the molecule is Cc1c(N2CCC(C(O)C3(O)CCCC3)C2)c(F)c(N)c2c(=O)[nH]c(=O)n(C3CC3)c12. The highest BCUT2D eigenvalue weighted by atomic mass is 19.1. The number of nitrogens with zero attached hydrogens (tertiary/aromatic N) is 2.